The number of methoxy groups -OCH3 is 1. The third-order valence-electron chi connectivity index (χ3n) is 4.44. The molecule has 2 fully saturated rings. The van der Waals surface area contributed by atoms with Gasteiger partial charge in [0.15, 0.2) is 0 Å². The number of esters is 1. The Morgan fingerprint density at radius 1 is 1.38 bits per heavy atom. The first-order valence-corrected chi connectivity index (χ1v) is 7.76. The topological polar surface area (TPSA) is 47.6 Å². The normalized spacial score (nSPS) is 19.7. The van der Waals surface area contributed by atoms with Gasteiger partial charge in [0, 0.05) is 19.0 Å². The Bertz CT molecular complexity index is 495. The summed E-state index contributed by atoms with van der Waals surface area (Å²) < 4.78 is 10.7. The second kappa shape index (κ2) is 6.48. The van der Waals surface area contributed by atoms with E-state index in [0.717, 1.165) is 25.4 Å². The smallest absolute Gasteiger partial charge is 0.306 e. The summed E-state index contributed by atoms with van der Waals surface area (Å²) >= 11 is 0. The third-order valence-corrected chi connectivity index (χ3v) is 4.44. The van der Waals surface area contributed by atoms with Crippen molar-refractivity contribution in [1.29, 1.82) is 0 Å². The van der Waals surface area contributed by atoms with Gasteiger partial charge in [-0.2, -0.15) is 0 Å². The Balaban J connectivity index is 1.65. The van der Waals surface area contributed by atoms with Crippen molar-refractivity contribution in [3.8, 4) is 5.75 Å². The molecule has 21 heavy (non-hydrogen) atoms. The summed E-state index contributed by atoms with van der Waals surface area (Å²) in [6.45, 7) is 2.86. The van der Waals surface area contributed by atoms with Crippen LogP contribution in [-0.2, 0) is 9.53 Å². The van der Waals surface area contributed by atoms with Gasteiger partial charge in [-0.25, -0.2) is 0 Å². The minimum atomic E-state index is -0.126. The van der Waals surface area contributed by atoms with Gasteiger partial charge in [0.2, 0.25) is 0 Å². The second-order valence-electron chi connectivity index (χ2n) is 6.13. The van der Waals surface area contributed by atoms with Crippen LogP contribution >= 0.6 is 0 Å². The summed E-state index contributed by atoms with van der Waals surface area (Å²) in [6, 6.07) is 8.22. The zero-order valence-corrected chi connectivity index (χ0v) is 12.5. The van der Waals surface area contributed by atoms with Crippen molar-refractivity contribution in [3.05, 3.63) is 29.8 Å². The number of carbonyl (C=O) groups is 1. The van der Waals surface area contributed by atoms with Gasteiger partial charge < -0.3 is 14.8 Å². The molecule has 1 heterocycles. The standard InChI is InChI=1S/C17H23NO3/c1-20-17(19)8-16(13-5-6-13)14-3-2-4-15(7-14)21-11-12-9-18-10-12/h2-4,7,12-13,16,18H,5-6,8-11H2,1H3. The third kappa shape index (κ3) is 3.76. The summed E-state index contributed by atoms with van der Waals surface area (Å²) in [6.07, 6.45) is 2.89. The molecular formula is C17H23NO3. The monoisotopic (exact) mass is 289 g/mol. The SMILES string of the molecule is COC(=O)CC(c1cccc(OCC2CNC2)c1)C1CC1. The van der Waals surface area contributed by atoms with Gasteiger partial charge >= 0.3 is 5.97 Å². The van der Waals surface area contributed by atoms with Gasteiger partial charge in [0.05, 0.1) is 20.1 Å². The van der Waals surface area contributed by atoms with E-state index in [4.69, 9.17) is 9.47 Å². The lowest BCUT2D eigenvalue weighted by atomic mass is 9.91. The Morgan fingerprint density at radius 3 is 2.81 bits per heavy atom. The molecule has 0 bridgehead atoms. The molecule has 2 aliphatic rings. The van der Waals surface area contributed by atoms with Crippen LogP contribution in [0.25, 0.3) is 0 Å². The Labute approximate surface area is 125 Å². The van der Waals surface area contributed by atoms with E-state index in [1.165, 1.54) is 25.5 Å². The van der Waals surface area contributed by atoms with Gasteiger partial charge in [0.1, 0.15) is 5.75 Å². The number of carbonyl (C=O) groups excluding carboxylic acids is 1. The summed E-state index contributed by atoms with van der Waals surface area (Å²) in [5.41, 5.74) is 1.20. The molecule has 1 atom stereocenters. The molecule has 1 saturated carbocycles. The highest BCUT2D eigenvalue weighted by Gasteiger charge is 2.34. The molecule has 3 rings (SSSR count). The van der Waals surface area contributed by atoms with E-state index < -0.39 is 0 Å². The molecule has 114 valence electrons. The van der Waals surface area contributed by atoms with E-state index in [9.17, 15) is 4.79 Å². The summed E-state index contributed by atoms with van der Waals surface area (Å²) in [5.74, 6) is 2.30. The van der Waals surface area contributed by atoms with Crippen LogP contribution in [0.5, 0.6) is 5.75 Å². The highest BCUT2D eigenvalue weighted by atomic mass is 16.5. The van der Waals surface area contributed by atoms with Crippen molar-refractivity contribution in [2.45, 2.75) is 25.2 Å². The zero-order chi connectivity index (χ0) is 14.7. The molecular weight excluding hydrogens is 266 g/mol. The fraction of sp³-hybridized carbons (Fsp3) is 0.588. The molecule has 1 aromatic carbocycles. The first-order chi connectivity index (χ1) is 10.3. The molecule has 1 aliphatic carbocycles. The van der Waals surface area contributed by atoms with Crippen LogP contribution in [0.4, 0.5) is 0 Å². The maximum absolute atomic E-state index is 11.6. The van der Waals surface area contributed by atoms with Crippen LogP contribution in [0.1, 0.15) is 30.7 Å². The van der Waals surface area contributed by atoms with Gasteiger partial charge in [-0.1, -0.05) is 12.1 Å². The lowest BCUT2D eigenvalue weighted by Gasteiger charge is -2.27. The van der Waals surface area contributed by atoms with E-state index in [1.54, 1.807) is 0 Å². The molecule has 0 amide bonds. The van der Waals surface area contributed by atoms with Crippen molar-refractivity contribution in [1.82, 2.24) is 5.32 Å². The predicted octanol–water partition coefficient (Wildman–Crippen LogP) is 2.34. The van der Waals surface area contributed by atoms with Crippen LogP contribution in [-0.4, -0.2) is 32.8 Å². The molecule has 4 heteroatoms. The van der Waals surface area contributed by atoms with Gasteiger partial charge in [-0.15, -0.1) is 0 Å². The number of benzene rings is 1. The highest BCUT2D eigenvalue weighted by molar-refractivity contribution is 5.70. The maximum Gasteiger partial charge on any atom is 0.306 e. The Kier molecular flexibility index (Phi) is 4.44. The molecule has 0 radical (unpaired) electrons. The van der Waals surface area contributed by atoms with Crippen molar-refractivity contribution in [3.63, 3.8) is 0 Å². The number of hydrogen-bond acceptors (Lipinski definition) is 4. The fourth-order valence-corrected chi connectivity index (χ4v) is 2.83. The summed E-state index contributed by atoms with van der Waals surface area (Å²) in [5, 5.41) is 3.25. The Hall–Kier alpha value is -1.55. The number of rotatable bonds is 7. The van der Waals surface area contributed by atoms with E-state index >= 15 is 0 Å². The van der Waals surface area contributed by atoms with Crippen molar-refractivity contribution in [2.75, 3.05) is 26.8 Å². The first-order valence-electron chi connectivity index (χ1n) is 7.76. The van der Waals surface area contributed by atoms with E-state index in [-0.39, 0.29) is 11.9 Å². The Morgan fingerprint density at radius 2 is 2.19 bits per heavy atom. The van der Waals surface area contributed by atoms with Gasteiger partial charge in [-0.3, -0.25) is 4.79 Å². The molecule has 0 aromatic heterocycles. The summed E-state index contributed by atoms with van der Waals surface area (Å²) in [4.78, 5) is 11.6. The van der Waals surface area contributed by atoms with Crippen LogP contribution in [0, 0.1) is 11.8 Å². The minimum absolute atomic E-state index is 0.126. The summed E-state index contributed by atoms with van der Waals surface area (Å²) in [7, 11) is 1.46. The number of ether oxygens (including phenoxy) is 2. The maximum atomic E-state index is 11.6. The van der Waals surface area contributed by atoms with Crippen molar-refractivity contribution >= 4 is 5.97 Å². The van der Waals surface area contributed by atoms with Crippen molar-refractivity contribution in [2.24, 2.45) is 11.8 Å². The second-order valence-corrected chi connectivity index (χ2v) is 6.13. The predicted molar refractivity (Wildman–Crippen MR) is 80.4 cm³/mol. The van der Waals surface area contributed by atoms with Gasteiger partial charge in [-0.05, 0) is 42.4 Å². The fourth-order valence-electron chi connectivity index (χ4n) is 2.83. The average Bonchev–Trinajstić information content (AvgIpc) is 3.27. The lowest BCUT2D eigenvalue weighted by Crippen LogP contribution is -2.45. The highest BCUT2D eigenvalue weighted by Crippen LogP contribution is 2.45. The number of nitrogens with one attached hydrogen (secondary N) is 1. The van der Waals surface area contributed by atoms with Crippen LogP contribution in [0.15, 0.2) is 24.3 Å². The molecule has 1 N–H and O–H groups in total. The van der Waals surface area contributed by atoms with E-state index in [1.807, 2.05) is 12.1 Å². The van der Waals surface area contributed by atoms with E-state index in [2.05, 4.69) is 17.4 Å². The number of hydrogen-bond donors (Lipinski definition) is 1. The van der Waals surface area contributed by atoms with Crippen LogP contribution in [0.3, 0.4) is 0 Å². The molecule has 1 aromatic rings. The van der Waals surface area contributed by atoms with Gasteiger partial charge in [0.25, 0.3) is 0 Å². The average molecular weight is 289 g/mol. The molecule has 1 saturated heterocycles. The first kappa shape index (κ1) is 14.4. The largest absolute Gasteiger partial charge is 0.493 e. The lowest BCUT2D eigenvalue weighted by molar-refractivity contribution is -0.141. The van der Waals surface area contributed by atoms with Crippen LogP contribution in [0.2, 0.25) is 0 Å². The molecule has 0 spiro atoms. The van der Waals surface area contributed by atoms with Crippen molar-refractivity contribution < 1.29 is 14.3 Å². The van der Waals surface area contributed by atoms with Crippen LogP contribution < -0.4 is 10.1 Å². The molecule has 1 unspecified atom stereocenters. The minimum Gasteiger partial charge on any atom is -0.493 e. The molecule has 1 aliphatic heterocycles. The molecule has 4 nitrogen and oxygen atoms in total. The quantitative estimate of drug-likeness (QED) is 0.783. The van der Waals surface area contributed by atoms with E-state index in [0.29, 0.717) is 18.3 Å². The zero-order valence-electron chi connectivity index (χ0n) is 12.5.